The second-order valence-electron chi connectivity index (χ2n) is 6.29. The summed E-state index contributed by atoms with van der Waals surface area (Å²) in [6.07, 6.45) is 4.72. The summed E-state index contributed by atoms with van der Waals surface area (Å²) in [4.78, 5) is 0. The molecule has 0 saturated heterocycles. The van der Waals surface area contributed by atoms with Gasteiger partial charge in [-0.1, -0.05) is 65.9 Å². The minimum atomic E-state index is -0.194. The molecule has 5 nitrogen and oxygen atoms in total. The van der Waals surface area contributed by atoms with Gasteiger partial charge in [0.1, 0.15) is 6.04 Å². The standard InChI is InChI=1S/C20H20N4O/c25-22-19(16-11-12-16)20(17-9-5-2-6-10-17)24-14-18(21-23-24)13-15-7-3-1-4-8-15/h1-10,14,20,22,25H,11-13H2. The Labute approximate surface area is 146 Å². The Bertz CT molecular complexity index is 865. The van der Waals surface area contributed by atoms with E-state index in [1.54, 1.807) is 0 Å². The maximum atomic E-state index is 9.70. The molecule has 2 aromatic carbocycles. The zero-order valence-corrected chi connectivity index (χ0v) is 13.8. The Hall–Kier alpha value is -2.92. The molecule has 0 spiro atoms. The smallest absolute Gasteiger partial charge is 0.120 e. The van der Waals surface area contributed by atoms with Gasteiger partial charge < -0.3 is 0 Å². The molecule has 0 radical (unpaired) electrons. The van der Waals surface area contributed by atoms with Gasteiger partial charge in [-0.2, -0.15) is 0 Å². The molecule has 1 unspecified atom stereocenters. The van der Waals surface area contributed by atoms with E-state index in [9.17, 15) is 5.21 Å². The van der Waals surface area contributed by atoms with Crippen LogP contribution in [0.15, 0.2) is 78.1 Å². The van der Waals surface area contributed by atoms with Crippen LogP contribution in [0.3, 0.4) is 0 Å². The van der Waals surface area contributed by atoms with E-state index in [2.05, 4.69) is 27.9 Å². The molecular formula is C20H20N4O. The Kier molecular flexibility index (Phi) is 4.31. The van der Waals surface area contributed by atoms with Gasteiger partial charge in [0.25, 0.3) is 0 Å². The lowest BCUT2D eigenvalue weighted by molar-refractivity contribution is 0.187. The van der Waals surface area contributed by atoms with Crippen molar-refractivity contribution in [1.29, 1.82) is 0 Å². The lowest BCUT2D eigenvalue weighted by Crippen LogP contribution is -2.22. The first kappa shape index (κ1) is 15.6. The maximum Gasteiger partial charge on any atom is 0.120 e. The third kappa shape index (κ3) is 3.46. The lowest BCUT2D eigenvalue weighted by atomic mass is 10.0. The summed E-state index contributed by atoms with van der Waals surface area (Å²) in [7, 11) is 0. The van der Waals surface area contributed by atoms with Gasteiger partial charge in [0.2, 0.25) is 0 Å². The Morgan fingerprint density at radius 3 is 2.36 bits per heavy atom. The minimum Gasteiger partial charge on any atom is -0.291 e. The molecule has 126 valence electrons. The van der Waals surface area contributed by atoms with Crippen molar-refractivity contribution in [2.45, 2.75) is 25.3 Å². The van der Waals surface area contributed by atoms with E-state index < -0.39 is 0 Å². The molecule has 1 heterocycles. The molecule has 1 saturated carbocycles. The number of hydrogen-bond acceptors (Lipinski definition) is 4. The van der Waals surface area contributed by atoms with E-state index in [1.807, 2.05) is 59.4 Å². The van der Waals surface area contributed by atoms with E-state index in [-0.39, 0.29) is 6.04 Å². The van der Waals surface area contributed by atoms with Gasteiger partial charge in [0.15, 0.2) is 0 Å². The van der Waals surface area contributed by atoms with Crippen molar-refractivity contribution in [2.75, 3.05) is 0 Å². The summed E-state index contributed by atoms with van der Waals surface area (Å²) in [5.74, 6) is 0. The molecule has 1 aliphatic carbocycles. The van der Waals surface area contributed by atoms with Gasteiger partial charge in [-0.3, -0.25) is 10.7 Å². The van der Waals surface area contributed by atoms with Gasteiger partial charge >= 0.3 is 0 Å². The molecule has 3 aromatic rings. The first-order valence-electron chi connectivity index (χ1n) is 8.47. The third-order valence-corrected chi connectivity index (χ3v) is 4.44. The first-order valence-corrected chi connectivity index (χ1v) is 8.47. The largest absolute Gasteiger partial charge is 0.291 e. The zero-order valence-electron chi connectivity index (χ0n) is 13.8. The van der Waals surface area contributed by atoms with Crippen molar-refractivity contribution in [1.82, 2.24) is 20.5 Å². The number of allylic oxidation sites excluding steroid dienone is 2. The second-order valence-corrected chi connectivity index (χ2v) is 6.29. The van der Waals surface area contributed by atoms with Crippen molar-refractivity contribution in [3.05, 3.63) is 95.0 Å². The fraction of sp³-hybridized carbons (Fsp3) is 0.200. The monoisotopic (exact) mass is 332 g/mol. The molecule has 0 aliphatic heterocycles. The summed E-state index contributed by atoms with van der Waals surface area (Å²) in [5.41, 5.74) is 7.62. The summed E-state index contributed by atoms with van der Waals surface area (Å²) < 4.78 is 1.83. The van der Waals surface area contributed by atoms with Crippen molar-refractivity contribution < 1.29 is 5.21 Å². The average molecular weight is 332 g/mol. The van der Waals surface area contributed by atoms with Gasteiger partial charge in [0, 0.05) is 12.6 Å². The molecule has 1 aliphatic rings. The van der Waals surface area contributed by atoms with Crippen molar-refractivity contribution in [3.8, 4) is 0 Å². The summed E-state index contributed by atoms with van der Waals surface area (Å²) in [5, 5.41) is 18.4. The molecule has 2 N–H and O–H groups in total. The van der Waals surface area contributed by atoms with Crippen molar-refractivity contribution in [3.63, 3.8) is 0 Å². The predicted octanol–water partition coefficient (Wildman–Crippen LogP) is 3.49. The van der Waals surface area contributed by atoms with E-state index >= 15 is 0 Å². The van der Waals surface area contributed by atoms with E-state index in [1.165, 1.54) is 11.1 Å². The Balaban J connectivity index is 1.68. The van der Waals surface area contributed by atoms with Crippen LogP contribution in [-0.2, 0) is 6.42 Å². The first-order chi connectivity index (χ1) is 12.3. The molecule has 1 fully saturated rings. The highest BCUT2D eigenvalue weighted by molar-refractivity contribution is 5.35. The number of hydroxylamine groups is 1. The highest BCUT2D eigenvalue weighted by Gasteiger charge is 2.28. The van der Waals surface area contributed by atoms with Crippen LogP contribution in [0.5, 0.6) is 0 Å². The lowest BCUT2D eigenvalue weighted by Gasteiger charge is -2.20. The van der Waals surface area contributed by atoms with Crippen LogP contribution in [0.1, 0.15) is 35.7 Å². The molecule has 1 aromatic heterocycles. The van der Waals surface area contributed by atoms with Crippen LogP contribution in [-0.4, -0.2) is 20.2 Å². The summed E-state index contributed by atoms with van der Waals surface area (Å²) >= 11 is 0. The SMILES string of the molecule is ONC(=C1CC1)C(c1ccccc1)n1cc(Cc2ccccc2)nn1. The second kappa shape index (κ2) is 6.91. The zero-order chi connectivity index (χ0) is 17.1. The van der Waals surface area contributed by atoms with Gasteiger partial charge in [0.05, 0.1) is 11.4 Å². The van der Waals surface area contributed by atoms with Crippen LogP contribution in [0.2, 0.25) is 0 Å². The van der Waals surface area contributed by atoms with E-state index in [0.29, 0.717) is 0 Å². The minimum absolute atomic E-state index is 0.194. The van der Waals surface area contributed by atoms with Crippen LogP contribution in [0.4, 0.5) is 0 Å². The summed E-state index contributed by atoms with van der Waals surface area (Å²) in [6.45, 7) is 0. The maximum absolute atomic E-state index is 9.70. The molecule has 25 heavy (non-hydrogen) atoms. The van der Waals surface area contributed by atoms with Gasteiger partial charge in [-0.25, -0.2) is 4.68 Å². The molecule has 0 amide bonds. The average Bonchev–Trinajstić information content (AvgIpc) is 3.40. The van der Waals surface area contributed by atoms with E-state index in [0.717, 1.165) is 36.2 Å². The van der Waals surface area contributed by atoms with Crippen molar-refractivity contribution in [2.24, 2.45) is 0 Å². The molecule has 0 bridgehead atoms. The quantitative estimate of drug-likeness (QED) is 0.678. The number of hydrogen-bond donors (Lipinski definition) is 2. The number of benzene rings is 2. The van der Waals surface area contributed by atoms with Crippen LogP contribution < -0.4 is 5.48 Å². The van der Waals surface area contributed by atoms with Crippen LogP contribution in [0.25, 0.3) is 0 Å². The fourth-order valence-corrected chi connectivity index (χ4v) is 3.08. The Morgan fingerprint density at radius 2 is 1.72 bits per heavy atom. The van der Waals surface area contributed by atoms with Crippen LogP contribution in [0, 0.1) is 0 Å². The van der Waals surface area contributed by atoms with Crippen LogP contribution >= 0.6 is 0 Å². The van der Waals surface area contributed by atoms with E-state index in [4.69, 9.17) is 0 Å². The molecular weight excluding hydrogens is 312 g/mol. The van der Waals surface area contributed by atoms with Gasteiger partial charge in [-0.15, -0.1) is 5.10 Å². The topological polar surface area (TPSA) is 63.0 Å². The third-order valence-electron chi connectivity index (χ3n) is 4.44. The Morgan fingerprint density at radius 1 is 1.04 bits per heavy atom. The van der Waals surface area contributed by atoms with Gasteiger partial charge in [-0.05, 0) is 29.5 Å². The molecule has 5 heteroatoms. The highest BCUT2D eigenvalue weighted by Crippen LogP contribution is 2.37. The molecule has 4 rings (SSSR count). The highest BCUT2D eigenvalue weighted by atomic mass is 16.5. The number of aromatic nitrogens is 3. The normalized spacial score (nSPS) is 14.2. The number of nitrogens with zero attached hydrogens (tertiary/aromatic N) is 3. The van der Waals surface area contributed by atoms with Crippen molar-refractivity contribution >= 4 is 0 Å². The predicted molar refractivity (Wildman–Crippen MR) is 95.0 cm³/mol. The number of nitrogens with one attached hydrogen (secondary N) is 1. The molecule has 1 atom stereocenters. The summed E-state index contributed by atoms with van der Waals surface area (Å²) in [6, 6.07) is 20.1. The number of rotatable bonds is 6. The fourth-order valence-electron chi connectivity index (χ4n) is 3.08.